The molecule has 1 aliphatic rings. The van der Waals surface area contributed by atoms with Gasteiger partial charge in [0, 0.05) is 17.8 Å². The first-order valence-electron chi connectivity index (χ1n) is 8.91. The maximum absolute atomic E-state index is 12.7. The van der Waals surface area contributed by atoms with Crippen LogP contribution in [0.15, 0.2) is 40.7 Å². The van der Waals surface area contributed by atoms with Gasteiger partial charge >= 0.3 is 11.9 Å². The molecule has 158 valence electrons. The average molecular weight is 433 g/mol. The third kappa shape index (κ3) is 4.27. The van der Waals surface area contributed by atoms with E-state index in [0.29, 0.717) is 17.2 Å². The molecule has 0 aliphatic carbocycles. The van der Waals surface area contributed by atoms with Crippen molar-refractivity contribution in [3.8, 4) is 0 Å². The van der Waals surface area contributed by atoms with E-state index in [9.17, 15) is 19.7 Å². The van der Waals surface area contributed by atoms with Gasteiger partial charge in [0.2, 0.25) is 11.1 Å². The fourth-order valence-electron chi connectivity index (χ4n) is 2.96. The van der Waals surface area contributed by atoms with Crippen LogP contribution in [0.3, 0.4) is 0 Å². The number of non-ortho nitro benzene ring substituents is 1. The first-order valence-corrected chi connectivity index (χ1v) is 9.89. The minimum Gasteiger partial charge on any atom is -0.468 e. The van der Waals surface area contributed by atoms with E-state index in [1.54, 1.807) is 19.9 Å². The number of carbonyl (C=O) groups excluding carboxylic acids is 2. The summed E-state index contributed by atoms with van der Waals surface area (Å²) in [6.45, 7) is 3.55. The molecule has 0 amide bonds. The van der Waals surface area contributed by atoms with Crippen LogP contribution in [0.1, 0.15) is 25.5 Å². The zero-order valence-electron chi connectivity index (χ0n) is 16.4. The van der Waals surface area contributed by atoms with E-state index in [-0.39, 0.29) is 28.8 Å². The summed E-state index contributed by atoms with van der Waals surface area (Å²) in [6, 6.07) is 5.17. The number of fused-ring (bicyclic) bond motifs is 1. The Morgan fingerprint density at radius 1 is 1.40 bits per heavy atom. The number of nitro groups is 1. The van der Waals surface area contributed by atoms with Gasteiger partial charge in [-0.3, -0.25) is 14.9 Å². The van der Waals surface area contributed by atoms with Crippen molar-refractivity contribution in [3.63, 3.8) is 0 Å². The molecule has 30 heavy (non-hydrogen) atoms. The number of benzene rings is 1. The van der Waals surface area contributed by atoms with E-state index < -0.39 is 22.9 Å². The Balaban J connectivity index is 2.08. The summed E-state index contributed by atoms with van der Waals surface area (Å²) in [6.07, 6.45) is 0. The monoisotopic (exact) mass is 433 g/mol. The highest BCUT2D eigenvalue weighted by molar-refractivity contribution is 7.99. The molecule has 0 saturated carbocycles. The number of hydrogen-bond acceptors (Lipinski definition) is 10. The number of nitrogens with one attached hydrogen (secondary N) is 1. The SMILES string of the molecule is CCOC(=O)C1=C(C)Nc2nc(SCC(=O)OC)nn2[C@@H]1c1cccc([N+](=O)[O-])c1. The molecule has 3 rings (SSSR count). The number of allylic oxidation sites excluding steroid dienone is 1. The summed E-state index contributed by atoms with van der Waals surface area (Å²) < 4.78 is 11.3. The van der Waals surface area contributed by atoms with Gasteiger partial charge in [0.05, 0.1) is 30.0 Å². The summed E-state index contributed by atoms with van der Waals surface area (Å²) in [7, 11) is 1.29. The number of thioether (sulfide) groups is 1. The largest absolute Gasteiger partial charge is 0.468 e. The van der Waals surface area contributed by atoms with Crippen LogP contribution in [0, 0.1) is 10.1 Å². The highest BCUT2D eigenvalue weighted by Gasteiger charge is 2.35. The van der Waals surface area contributed by atoms with E-state index in [2.05, 4.69) is 20.1 Å². The number of rotatable bonds is 7. The Morgan fingerprint density at radius 3 is 2.83 bits per heavy atom. The second-order valence-corrected chi connectivity index (χ2v) is 7.11. The lowest BCUT2D eigenvalue weighted by Crippen LogP contribution is -2.29. The molecular weight excluding hydrogens is 414 g/mol. The lowest BCUT2D eigenvalue weighted by atomic mass is 9.95. The van der Waals surface area contributed by atoms with E-state index in [1.165, 1.54) is 30.0 Å². The van der Waals surface area contributed by atoms with Gasteiger partial charge in [0.15, 0.2) is 0 Å². The number of hydrogen-bond donors (Lipinski definition) is 1. The molecular formula is C18H19N5O6S. The number of methoxy groups -OCH3 is 1. The van der Waals surface area contributed by atoms with Crippen molar-refractivity contribution in [3.05, 3.63) is 51.2 Å². The third-order valence-corrected chi connectivity index (χ3v) is 5.08. The number of carbonyl (C=O) groups is 2. The zero-order valence-corrected chi connectivity index (χ0v) is 17.3. The van der Waals surface area contributed by atoms with Gasteiger partial charge < -0.3 is 14.8 Å². The Morgan fingerprint density at radius 2 is 2.17 bits per heavy atom. The van der Waals surface area contributed by atoms with Crippen LogP contribution in [-0.4, -0.2) is 51.1 Å². The molecule has 2 aromatic rings. The predicted octanol–water partition coefficient (Wildman–Crippen LogP) is 2.30. The Kier molecular flexibility index (Phi) is 6.35. The second kappa shape index (κ2) is 8.95. The van der Waals surface area contributed by atoms with Gasteiger partial charge in [0.1, 0.15) is 6.04 Å². The zero-order chi connectivity index (χ0) is 21.8. The van der Waals surface area contributed by atoms with E-state index in [1.807, 2.05) is 0 Å². The fourth-order valence-corrected chi connectivity index (χ4v) is 3.63. The molecule has 1 atom stereocenters. The highest BCUT2D eigenvalue weighted by Crippen LogP contribution is 2.37. The van der Waals surface area contributed by atoms with Gasteiger partial charge in [-0.25, -0.2) is 9.48 Å². The van der Waals surface area contributed by atoms with Gasteiger partial charge in [-0.1, -0.05) is 23.9 Å². The van der Waals surface area contributed by atoms with Crippen molar-refractivity contribution < 1.29 is 24.0 Å². The molecule has 11 nitrogen and oxygen atoms in total. The molecule has 1 aromatic carbocycles. The molecule has 0 saturated heterocycles. The number of anilines is 1. The van der Waals surface area contributed by atoms with Crippen LogP contribution in [0.25, 0.3) is 0 Å². The molecule has 0 fully saturated rings. The topological polar surface area (TPSA) is 138 Å². The normalized spacial score (nSPS) is 15.2. The minimum atomic E-state index is -0.792. The lowest BCUT2D eigenvalue weighted by molar-refractivity contribution is -0.384. The predicted molar refractivity (Wildman–Crippen MR) is 107 cm³/mol. The van der Waals surface area contributed by atoms with Crippen LogP contribution >= 0.6 is 11.8 Å². The Hall–Kier alpha value is -3.41. The van der Waals surface area contributed by atoms with E-state index in [4.69, 9.17) is 4.74 Å². The number of ether oxygens (including phenoxy) is 2. The van der Waals surface area contributed by atoms with E-state index >= 15 is 0 Å². The van der Waals surface area contributed by atoms with Crippen LogP contribution in [0.4, 0.5) is 11.6 Å². The standard InChI is InChI=1S/C18H19N5O6S/c1-4-29-16(25)14-10(2)19-17-20-18(30-9-13(24)28-3)21-22(17)15(14)11-6-5-7-12(8-11)23(26)27/h5-8,15H,4,9H2,1-3H3,(H,19,20,21)/t15-/m1/s1. The van der Waals surface area contributed by atoms with Gasteiger partial charge in [-0.15, -0.1) is 5.10 Å². The lowest BCUT2D eigenvalue weighted by Gasteiger charge is -2.27. The van der Waals surface area contributed by atoms with Gasteiger partial charge in [-0.05, 0) is 19.4 Å². The summed E-state index contributed by atoms with van der Waals surface area (Å²) in [5, 5.41) is 19.0. The maximum Gasteiger partial charge on any atom is 0.338 e. The Labute approximate surface area is 175 Å². The molecule has 0 spiro atoms. The molecule has 1 N–H and O–H groups in total. The van der Waals surface area contributed by atoms with Crippen LogP contribution < -0.4 is 5.32 Å². The molecule has 0 bridgehead atoms. The first-order chi connectivity index (χ1) is 14.3. The van der Waals surface area contributed by atoms with Crippen molar-refractivity contribution in [2.75, 3.05) is 24.8 Å². The van der Waals surface area contributed by atoms with Crippen molar-refractivity contribution in [2.24, 2.45) is 0 Å². The summed E-state index contributed by atoms with van der Waals surface area (Å²) >= 11 is 1.07. The van der Waals surface area contributed by atoms with Crippen LogP contribution in [-0.2, 0) is 19.1 Å². The van der Waals surface area contributed by atoms with Crippen molar-refractivity contribution in [1.29, 1.82) is 0 Å². The maximum atomic E-state index is 12.7. The van der Waals surface area contributed by atoms with Crippen molar-refractivity contribution >= 4 is 35.3 Å². The quantitative estimate of drug-likeness (QED) is 0.299. The smallest absolute Gasteiger partial charge is 0.338 e. The van der Waals surface area contributed by atoms with Crippen molar-refractivity contribution in [2.45, 2.75) is 25.0 Å². The second-order valence-electron chi connectivity index (χ2n) is 6.17. The molecule has 1 aliphatic heterocycles. The van der Waals surface area contributed by atoms with E-state index in [0.717, 1.165) is 11.8 Å². The summed E-state index contributed by atoms with van der Waals surface area (Å²) in [5.41, 5.74) is 1.12. The van der Waals surface area contributed by atoms with Crippen LogP contribution in [0.2, 0.25) is 0 Å². The summed E-state index contributed by atoms with van der Waals surface area (Å²) in [5.74, 6) is -0.649. The third-order valence-electron chi connectivity index (χ3n) is 4.27. The average Bonchev–Trinajstić information content (AvgIpc) is 3.13. The molecule has 0 unspecified atom stereocenters. The number of esters is 2. The molecule has 12 heteroatoms. The Bertz CT molecular complexity index is 1030. The van der Waals surface area contributed by atoms with Crippen LogP contribution in [0.5, 0.6) is 0 Å². The minimum absolute atomic E-state index is 0.0125. The summed E-state index contributed by atoms with van der Waals surface area (Å²) in [4.78, 5) is 39.2. The number of aromatic nitrogens is 3. The van der Waals surface area contributed by atoms with Gasteiger partial charge in [-0.2, -0.15) is 4.98 Å². The fraction of sp³-hybridized carbons (Fsp3) is 0.333. The highest BCUT2D eigenvalue weighted by atomic mass is 32.2. The van der Waals surface area contributed by atoms with Crippen molar-refractivity contribution in [1.82, 2.24) is 14.8 Å². The molecule has 0 radical (unpaired) electrons. The number of nitro benzene ring substituents is 1. The molecule has 1 aromatic heterocycles. The number of nitrogens with zero attached hydrogens (tertiary/aromatic N) is 4. The van der Waals surface area contributed by atoms with Gasteiger partial charge in [0.25, 0.3) is 5.69 Å². The molecule has 2 heterocycles. The first kappa shape index (κ1) is 21.3.